The molecule has 25 heavy (non-hydrogen) atoms. The van der Waals surface area contributed by atoms with Crippen molar-refractivity contribution in [3.05, 3.63) is 45.4 Å². The molecule has 2 aromatic rings. The Bertz CT molecular complexity index is 783. The van der Waals surface area contributed by atoms with Crippen molar-refractivity contribution in [1.29, 1.82) is 0 Å². The van der Waals surface area contributed by atoms with Crippen LogP contribution >= 0.6 is 34.7 Å². The molecule has 9 heteroatoms. The molecule has 132 valence electrons. The van der Waals surface area contributed by atoms with E-state index in [2.05, 4.69) is 15.6 Å². The van der Waals surface area contributed by atoms with E-state index in [1.165, 1.54) is 4.90 Å². The van der Waals surface area contributed by atoms with E-state index in [0.717, 1.165) is 10.7 Å². The summed E-state index contributed by atoms with van der Waals surface area (Å²) in [6, 6.07) is 6.12. The number of carbonyl (C=O) groups excluding carboxylic acids is 2. The Balaban J connectivity index is 1.59. The SMILES string of the molecule is Cc1nc(CNC(=O)C2CSCN2C(=O)Nc2cccc(Cl)c2)cs1. The van der Waals surface area contributed by atoms with Crippen LogP contribution in [0.4, 0.5) is 10.5 Å². The monoisotopic (exact) mass is 396 g/mol. The highest BCUT2D eigenvalue weighted by molar-refractivity contribution is 7.99. The van der Waals surface area contributed by atoms with Gasteiger partial charge in [-0.3, -0.25) is 4.79 Å². The van der Waals surface area contributed by atoms with Crippen molar-refractivity contribution in [3.8, 4) is 0 Å². The molecule has 0 spiro atoms. The maximum atomic E-state index is 12.5. The third-order valence-electron chi connectivity index (χ3n) is 3.63. The van der Waals surface area contributed by atoms with Crippen LogP contribution in [-0.2, 0) is 11.3 Å². The number of anilines is 1. The summed E-state index contributed by atoms with van der Waals surface area (Å²) in [6.07, 6.45) is 0. The van der Waals surface area contributed by atoms with Crippen molar-refractivity contribution >= 4 is 52.3 Å². The summed E-state index contributed by atoms with van der Waals surface area (Å²) < 4.78 is 0. The number of aromatic nitrogens is 1. The summed E-state index contributed by atoms with van der Waals surface area (Å²) in [7, 11) is 0. The number of carbonyl (C=O) groups is 2. The summed E-state index contributed by atoms with van der Waals surface area (Å²) >= 11 is 9.03. The third-order valence-corrected chi connectivity index (χ3v) is 5.70. The number of thioether (sulfide) groups is 1. The highest BCUT2D eigenvalue weighted by atomic mass is 35.5. The van der Waals surface area contributed by atoms with Crippen LogP contribution in [0, 0.1) is 6.92 Å². The molecule has 1 aliphatic rings. The van der Waals surface area contributed by atoms with E-state index in [9.17, 15) is 9.59 Å². The molecule has 1 unspecified atom stereocenters. The lowest BCUT2D eigenvalue weighted by molar-refractivity contribution is -0.124. The number of amides is 3. The van der Waals surface area contributed by atoms with Gasteiger partial charge in [0, 0.05) is 21.8 Å². The number of halogens is 1. The van der Waals surface area contributed by atoms with Gasteiger partial charge in [-0.05, 0) is 25.1 Å². The average molecular weight is 397 g/mol. The summed E-state index contributed by atoms with van der Waals surface area (Å²) in [5.74, 6) is 0.877. The van der Waals surface area contributed by atoms with Crippen molar-refractivity contribution in [2.75, 3.05) is 16.9 Å². The van der Waals surface area contributed by atoms with Crippen LogP contribution in [0.2, 0.25) is 5.02 Å². The van der Waals surface area contributed by atoms with Crippen LogP contribution in [0.1, 0.15) is 10.7 Å². The summed E-state index contributed by atoms with van der Waals surface area (Å²) in [6.45, 7) is 2.29. The lowest BCUT2D eigenvalue weighted by Gasteiger charge is -2.23. The first-order valence-electron chi connectivity index (χ1n) is 7.62. The normalized spacial score (nSPS) is 16.7. The fraction of sp³-hybridized carbons (Fsp3) is 0.312. The number of thiazole rings is 1. The largest absolute Gasteiger partial charge is 0.349 e. The van der Waals surface area contributed by atoms with E-state index >= 15 is 0 Å². The molecule has 1 aliphatic heterocycles. The second kappa shape index (κ2) is 8.07. The molecule has 0 saturated carbocycles. The van der Waals surface area contributed by atoms with Crippen LogP contribution < -0.4 is 10.6 Å². The first-order chi connectivity index (χ1) is 12.0. The molecule has 0 aliphatic carbocycles. The first kappa shape index (κ1) is 18.0. The molecular formula is C16H17ClN4O2S2. The van der Waals surface area contributed by atoms with Gasteiger partial charge in [0.15, 0.2) is 0 Å². The fourth-order valence-corrected chi connectivity index (χ4v) is 4.36. The minimum Gasteiger partial charge on any atom is -0.349 e. The maximum Gasteiger partial charge on any atom is 0.323 e. The van der Waals surface area contributed by atoms with E-state index < -0.39 is 6.04 Å². The van der Waals surface area contributed by atoms with Gasteiger partial charge < -0.3 is 15.5 Å². The Hall–Kier alpha value is -1.77. The molecular weight excluding hydrogens is 380 g/mol. The number of benzene rings is 1. The fourth-order valence-electron chi connectivity index (χ4n) is 2.41. The van der Waals surface area contributed by atoms with Crippen LogP contribution in [0.5, 0.6) is 0 Å². The number of aryl methyl sites for hydroxylation is 1. The topological polar surface area (TPSA) is 74.3 Å². The van der Waals surface area contributed by atoms with Gasteiger partial charge in [0.05, 0.1) is 23.1 Å². The highest BCUT2D eigenvalue weighted by Gasteiger charge is 2.34. The maximum absolute atomic E-state index is 12.5. The van der Waals surface area contributed by atoms with Crippen molar-refractivity contribution < 1.29 is 9.59 Å². The smallest absolute Gasteiger partial charge is 0.323 e. The van der Waals surface area contributed by atoms with E-state index in [4.69, 9.17) is 11.6 Å². The molecule has 1 saturated heterocycles. The number of rotatable bonds is 4. The van der Waals surface area contributed by atoms with E-state index in [1.807, 2.05) is 12.3 Å². The molecule has 6 nitrogen and oxygen atoms in total. The van der Waals surface area contributed by atoms with Crippen LogP contribution in [0.15, 0.2) is 29.6 Å². The van der Waals surface area contributed by atoms with Gasteiger partial charge in [-0.25, -0.2) is 9.78 Å². The number of nitrogens with zero attached hydrogens (tertiary/aromatic N) is 2. The molecule has 1 aromatic carbocycles. The molecule has 2 heterocycles. The molecule has 3 amide bonds. The predicted octanol–water partition coefficient (Wildman–Crippen LogP) is 3.33. The second-order valence-corrected chi connectivity index (χ2v) is 8.00. The van der Waals surface area contributed by atoms with Gasteiger partial charge in [-0.1, -0.05) is 17.7 Å². The second-order valence-electron chi connectivity index (χ2n) is 5.50. The van der Waals surface area contributed by atoms with Gasteiger partial charge in [0.1, 0.15) is 6.04 Å². The summed E-state index contributed by atoms with van der Waals surface area (Å²) in [5.41, 5.74) is 1.43. The van der Waals surface area contributed by atoms with Gasteiger partial charge in [0.2, 0.25) is 5.91 Å². The minimum absolute atomic E-state index is 0.170. The van der Waals surface area contributed by atoms with Gasteiger partial charge in [0.25, 0.3) is 0 Å². The molecule has 1 atom stereocenters. The summed E-state index contributed by atoms with van der Waals surface area (Å²) in [5, 5.41) is 9.07. The molecule has 0 bridgehead atoms. The Morgan fingerprint density at radius 3 is 3.00 bits per heavy atom. The Morgan fingerprint density at radius 1 is 1.44 bits per heavy atom. The van der Waals surface area contributed by atoms with Crippen LogP contribution in [0.25, 0.3) is 0 Å². The third kappa shape index (κ3) is 4.65. The molecule has 3 rings (SSSR count). The minimum atomic E-state index is -0.496. The highest BCUT2D eigenvalue weighted by Crippen LogP contribution is 2.23. The average Bonchev–Trinajstić information content (AvgIpc) is 3.21. The molecule has 0 radical (unpaired) electrons. The van der Waals surface area contributed by atoms with E-state index in [0.29, 0.717) is 28.9 Å². The van der Waals surface area contributed by atoms with Gasteiger partial charge in [-0.15, -0.1) is 23.1 Å². The van der Waals surface area contributed by atoms with E-state index in [-0.39, 0.29) is 11.9 Å². The zero-order valence-electron chi connectivity index (χ0n) is 13.5. The molecule has 1 fully saturated rings. The molecule has 1 aromatic heterocycles. The lowest BCUT2D eigenvalue weighted by Crippen LogP contribution is -2.48. The summed E-state index contributed by atoms with van der Waals surface area (Å²) in [4.78, 5) is 30.8. The number of nitrogens with one attached hydrogen (secondary N) is 2. The van der Waals surface area contributed by atoms with Crippen molar-refractivity contribution in [3.63, 3.8) is 0 Å². The van der Waals surface area contributed by atoms with E-state index in [1.54, 1.807) is 47.4 Å². The number of urea groups is 1. The number of hydrogen-bond acceptors (Lipinski definition) is 5. The van der Waals surface area contributed by atoms with Gasteiger partial charge in [-0.2, -0.15) is 0 Å². The van der Waals surface area contributed by atoms with Crippen LogP contribution in [-0.4, -0.2) is 39.5 Å². The number of hydrogen-bond donors (Lipinski definition) is 2. The Morgan fingerprint density at radius 2 is 2.28 bits per heavy atom. The zero-order chi connectivity index (χ0) is 17.8. The standard InChI is InChI=1S/C16H17ClN4O2S2/c1-10-19-13(7-25-10)6-18-15(22)14-8-24-9-21(14)16(23)20-12-4-2-3-11(17)5-12/h2-5,7,14H,6,8-9H2,1H3,(H,18,22)(H,20,23). The Kier molecular flexibility index (Phi) is 5.82. The predicted molar refractivity (Wildman–Crippen MR) is 102 cm³/mol. The lowest BCUT2D eigenvalue weighted by atomic mass is 10.2. The van der Waals surface area contributed by atoms with Gasteiger partial charge >= 0.3 is 6.03 Å². The van der Waals surface area contributed by atoms with Crippen molar-refractivity contribution in [2.45, 2.75) is 19.5 Å². The Labute approximate surface area is 159 Å². The zero-order valence-corrected chi connectivity index (χ0v) is 15.9. The van der Waals surface area contributed by atoms with Crippen molar-refractivity contribution in [1.82, 2.24) is 15.2 Å². The quantitative estimate of drug-likeness (QED) is 0.831. The van der Waals surface area contributed by atoms with Crippen LogP contribution in [0.3, 0.4) is 0 Å². The molecule has 2 N–H and O–H groups in total. The van der Waals surface area contributed by atoms with Crippen molar-refractivity contribution in [2.24, 2.45) is 0 Å². The first-order valence-corrected chi connectivity index (χ1v) is 10.0.